The largest absolute Gasteiger partial charge is 0.337 e. The number of nitrogens with one attached hydrogen (secondary N) is 1. The molecule has 0 saturated carbocycles. The second-order valence-corrected chi connectivity index (χ2v) is 7.11. The SMILES string of the molecule is CC(C)N(C(=O)CSc1n[nH]c(/C=C/c2ccc(F)cc2)n1)C(C)C. The lowest BCUT2D eigenvalue weighted by Gasteiger charge is -2.30. The number of benzene rings is 1. The molecule has 0 atom stereocenters. The molecule has 0 unspecified atom stereocenters. The van der Waals surface area contributed by atoms with Crippen molar-refractivity contribution in [1.82, 2.24) is 20.1 Å². The van der Waals surface area contributed by atoms with Crippen molar-refractivity contribution in [2.45, 2.75) is 44.9 Å². The maximum atomic E-state index is 12.9. The Bertz CT molecular complexity index is 717. The Morgan fingerprint density at radius 3 is 2.44 bits per heavy atom. The number of thioether (sulfide) groups is 1. The highest BCUT2D eigenvalue weighted by Crippen LogP contribution is 2.16. The van der Waals surface area contributed by atoms with Gasteiger partial charge in [0.2, 0.25) is 11.1 Å². The van der Waals surface area contributed by atoms with E-state index < -0.39 is 0 Å². The fourth-order valence-corrected chi connectivity index (χ4v) is 3.19. The van der Waals surface area contributed by atoms with Crippen LogP contribution < -0.4 is 0 Å². The Morgan fingerprint density at radius 2 is 1.84 bits per heavy atom. The van der Waals surface area contributed by atoms with E-state index in [9.17, 15) is 9.18 Å². The summed E-state index contributed by atoms with van der Waals surface area (Å²) >= 11 is 1.31. The van der Waals surface area contributed by atoms with Crippen LogP contribution in [0.5, 0.6) is 0 Å². The summed E-state index contributed by atoms with van der Waals surface area (Å²) < 4.78 is 12.9. The van der Waals surface area contributed by atoms with Crippen LogP contribution in [0.15, 0.2) is 29.4 Å². The van der Waals surface area contributed by atoms with Crippen LogP contribution in [-0.4, -0.2) is 43.8 Å². The molecule has 1 N–H and O–H groups in total. The van der Waals surface area contributed by atoms with E-state index in [1.807, 2.05) is 38.7 Å². The van der Waals surface area contributed by atoms with Crippen molar-refractivity contribution in [3.63, 3.8) is 0 Å². The average Bonchev–Trinajstić information content (AvgIpc) is 2.99. The van der Waals surface area contributed by atoms with Crippen LogP contribution in [0, 0.1) is 5.82 Å². The molecular formula is C18H23FN4OS. The quantitative estimate of drug-likeness (QED) is 0.760. The van der Waals surface area contributed by atoms with E-state index in [0.29, 0.717) is 16.7 Å². The van der Waals surface area contributed by atoms with Crippen molar-refractivity contribution in [1.29, 1.82) is 0 Å². The summed E-state index contributed by atoms with van der Waals surface area (Å²) in [4.78, 5) is 18.5. The number of hydrogen-bond acceptors (Lipinski definition) is 4. The van der Waals surface area contributed by atoms with Crippen LogP contribution in [0.3, 0.4) is 0 Å². The van der Waals surface area contributed by atoms with Crippen molar-refractivity contribution in [2.75, 3.05) is 5.75 Å². The van der Waals surface area contributed by atoms with Gasteiger partial charge in [-0.15, -0.1) is 5.10 Å². The van der Waals surface area contributed by atoms with Gasteiger partial charge in [0.1, 0.15) is 11.6 Å². The molecule has 0 aliphatic rings. The molecule has 0 spiro atoms. The van der Waals surface area contributed by atoms with Gasteiger partial charge in [-0.05, 0) is 51.5 Å². The lowest BCUT2D eigenvalue weighted by atomic mass is 10.2. The topological polar surface area (TPSA) is 61.9 Å². The minimum atomic E-state index is -0.267. The lowest BCUT2D eigenvalue weighted by molar-refractivity contribution is -0.131. The van der Waals surface area contributed by atoms with Gasteiger partial charge < -0.3 is 4.90 Å². The van der Waals surface area contributed by atoms with Gasteiger partial charge in [-0.1, -0.05) is 30.0 Å². The van der Waals surface area contributed by atoms with Crippen LogP contribution in [-0.2, 0) is 4.79 Å². The molecular weight excluding hydrogens is 339 g/mol. The second kappa shape index (κ2) is 8.80. The first kappa shape index (κ1) is 19.2. The van der Waals surface area contributed by atoms with Gasteiger partial charge in [-0.25, -0.2) is 9.37 Å². The molecule has 5 nitrogen and oxygen atoms in total. The molecule has 2 rings (SSSR count). The molecule has 0 aliphatic carbocycles. The molecule has 134 valence electrons. The summed E-state index contributed by atoms with van der Waals surface area (Å²) in [7, 11) is 0. The Balaban J connectivity index is 1.93. The van der Waals surface area contributed by atoms with Crippen LogP contribution in [0.1, 0.15) is 39.1 Å². The summed E-state index contributed by atoms with van der Waals surface area (Å²) in [5, 5.41) is 7.45. The van der Waals surface area contributed by atoms with Crippen LogP contribution in [0.4, 0.5) is 4.39 Å². The average molecular weight is 362 g/mol. The monoisotopic (exact) mass is 362 g/mol. The summed E-state index contributed by atoms with van der Waals surface area (Å²) in [5.41, 5.74) is 0.867. The zero-order valence-corrected chi connectivity index (χ0v) is 15.7. The fraction of sp³-hybridized carbons (Fsp3) is 0.389. The van der Waals surface area contributed by atoms with E-state index in [2.05, 4.69) is 15.2 Å². The van der Waals surface area contributed by atoms with Crippen molar-refractivity contribution in [3.8, 4) is 0 Å². The highest BCUT2D eigenvalue weighted by atomic mass is 32.2. The minimum Gasteiger partial charge on any atom is -0.337 e. The van der Waals surface area contributed by atoms with Crippen LogP contribution in [0.2, 0.25) is 0 Å². The highest BCUT2D eigenvalue weighted by Gasteiger charge is 2.20. The molecule has 0 aliphatic heterocycles. The van der Waals surface area contributed by atoms with Gasteiger partial charge in [0.05, 0.1) is 5.75 Å². The zero-order chi connectivity index (χ0) is 18.4. The molecule has 0 radical (unpaired) electrons. The summed E-state index contributed by atoms with van der Waals surface area (Å²) in [6, 6.07) is 6.50. The number of carbonyl (C=O) groups is 1. The third-order valence-corrected chi connectivity index (χ3v) is 4.34. The van der Waals surface area contributed by atoms with Gasteiger partial charge in [0.15, 0.2) is 0 Å². The zero-order valence-electron chi connectivity index (χ0n) is 14.9. The first-order valence-electron chi connectivity index (χ1n) is 8.17. The second-order valence-electron chi connectivity index (χ2n) is 6.17. The molecule has 25 heavy (non-hydrogen) atoms. The maximum Gasteiger partial charge on any atom is 0.233 e. The van der Waals surface area contributed by atoms with Gasteiger partial charge in [-0.2, -0.15) is 0 Å². The number of halogens is 1. The number of aromatic nitrogens is 3. The van der Waals surface area contributed by atoms with E-state index in [1.165, 1.54) is 23.9 Å². The van der Waals surface area contributed by atoms with Gasteiger partial charge in [0.25, 0.3) is 0 Å². The van der Waals surface area contributed by atoms with Crippen LogP contribution >= 0.6 is 11.8 Å². The number of rotatable bonds is 7. The molecule has 2 aromatic rings. The number of H-pyrrole nitrogens is 1. The Morgan fingerprint density at radius 1 is 1.20 bits per heavy atom. The fourth-order valence-electron chi connectivity index (χ4n) is 2.52. The van der Waals surface area contributed by atoms with Gasteiger partial charge in [0, 0.05) is 12.1 Å². The molecule has 1 amide bonds. The number of hydrogen-bond donors (Lipinski definition) is 1. The summed E-state index contributed by atoms with van der Waals surface area (Å²) in [6.45, 7) is 8.03. The Labute approximate surface area is 151 Å². The molecule has 0 bridgehead atoms. The third-order valence-electron chi connectivity index (χ3n) is 3.51. The highest BCUT2D eigenvalue weighted by molar-refractivity contribution is 7.99. The van der Waals surface area contributed by atoms with Gasteiger partial charge in [-0.3, -0.25) is 9.89 Å². The number of carbonyl (C=O) groups excluding carboxylic acids is 1. The van der Waals surface area contributed by atoms with Crippen LogP contribution in [0.25, 0.3) is 12.2 Å². The smallest absolute Gasteiger partial charge is 0.233 e. The Hall–Kier alpha value is -2.15. The normalized spacial score (nSPS) is 11.6. The Kier molecular flexibility index (Phi) is 6.75. The lowest BCUT2D eigenvalue weighted by Crippen LogP contribution is -2.43. The van der Waals surface area contributed by atoms with E-state index in [4.69, 9.17) is 0 Å². The van der Waals surface area contributed by atoms with E-state index in [-0.39, 0.29) is 23.8 Å². The molecule has 0 saturated heterocycles. The summed E-state index contributed by atoms with van der Waals surface area (Å²) in [6.07, 6.45) is 3.58. The summed E-state index contributed by atoms with van der Waals surface area (Å²) in [5.74, 6) is 0.694. The molecule has 1 heterocycles. The third kappa shape index (κ3) is 5.70. The first-order chi connectivity index (χ1) is 11.9. The predicted molar refractivity (Wildman–Crippen MR) is 99.6 cm³/mol. The van der Waals surface area contributed by atoms with E-state index in [0.717, 1.165) is 5.56 Å². The van der Waals surface area contributed by atoms with Crippen molar-refractivity contribution in [3.05, 3.63) is 41.5 Å². The number of aromatic amines is 1. The minimum absolute atomic E-state index is 0.0724. The van der Waals surface area contributed by atoms with Crippen molar-refractivity contribution < 1.29 is 9.18 Å². The van der Waals surface area contributed by atoms with Gasteiger partial charge >= 0.3 is 0 Å². The molecule has 1 aromatic carbocycles. The molecule has 1 aromatic heterocycles. The predicted octanol–water partition coefficient (Wildman–Crippen LogP) is 3.85. The van der Waals surface area contributed by atoms with Crippen molar-refractivity contribution in [2.24, 2.45) is 0 Å². The number of nitrogens with zero attached hydrogens (tertiary/aromatic N) is 3. The van der Waals surface area contributed by atoms with E-state index in [1.54, 1.807) is 18.2 Å². The molecule has 0 fully saturated rings. The first-order valence-corrected chi connectivity index (χ1v) is 9.15. The standard InChI is InChI=1S/C18H23FN4OS/c1-12(2)23(13(3)4)17(24)11-25-18-20-16(21-22-18)10-7-14-5-8-15(19)9-6-14/h5-10,12-13H,11H2,1-4H3,(H,20,21,22)/b10-7+. The maximum absolute atomic E-state index is 12.9. The number of amides is 1. The van der Waals surface area contributed by atoms with Crippen molar-refractivity contribution >= 4 is 29.8 Å². The molecule has 7 heteroatoms. The van der Waals surface area contributed by atoms with E-state index >= 15 is 0 Å².